The van der Waals surface area contributed by atoms with Gasteiger partial charge >= 0.3 is 0 Å². The highest BCUT2D eigenvalue weighted by Crippen LogP contribution is 2.22. The predicted molar refractivity (Wildman–Crippen MR) is 93.6 cm³/mol. The Morgan fingerprint density at radius 2 is 2.05 bits per heavy atom. The van der Waals surface area contributed by atoms with Crippen molar-refractivity contribution in [1.82, 2.24) is 10.3 Å². The fourth-order valence-electron chi connectivity index (χ4n) is 1.91. The molecule has 22 heavy (non-hydrogen) atoms. The molecule has 0 aliphatic carbocycles. The fraction of sp³-hybridized carbons (Fsp3) is 0.294. The molecule has 1 heterocycles. The van der Waals surface area contributed by atoms with Gasteiger partial charge < -0.3 is 10.6 Å². The van der Waals surface area contributed by atoms with E-state index >= 15 is 0 Å². The third kappa shape index (κ3) is 4.56. The first-order valence-electron chi connectivity index (χ1n) is 7.23. The van der Waals surface area contributed by atoms with Crippen molar-refractivity contribution in [3.63, 3.8) is 0 Å². The van der Waals surface area contributed by atoms with Gasteiger partial charge in [0, 0.05) is 22.9 Å². The monoisotopic (exact) mass is 361 g/mol. The minimum absolute atomic E-state index is 0.0902. The summed E-state index contributed by atoms with van der Waals surface area (Å²) in [5.74, 6) is 1.05. The number of hydrogen-bond donors (Lipinski definition) is 2. The summed E-state index contributed by atoms with van der Waals surface area (Å²) in [6, 6.07) is 9.59. The SMILES string of the molecule is Cc1cc(Br)ccc1Nc1ccc(C(=O)NCC(C)C)cn1. The first kappa shape index (κ1) is 16.5. The predicted octanol–water partition coefficient (Wildman–Crippen LogP) is 4.28. The Labute approximate surface area is 139 Å². The number of carbonyl (C=O) groups excluding carboxylic acids is 1. The van der Waals surface area contributed by atoms with Gasteiger partial charge in [-0.15, -0.1) is 0 Å². The number of amides is 1. The maximum atomic E-state index is 11.9. The van der Waals surface area contributed by atoms with E-state index in [1.54, 1.807) is 12.3 Å². The zero-order valence-corrected chi connectivity index (χ0v) is 14.6. The quantitative estimate of drug-likeness (QED) is 0.835. The number of aromatic nitrogens is 1. The zero-order chi connectivity index (χ0) is 16.1. The number of nitrogens with zero attached hydrogens (tertiary/aromatic N) is 1. The Balaban J connectivity index is 2.04. The first-order valence-corrected chi connectivity index (χ1v) is 8.02. The lowest BCUT2D eigenvalue weighted by Crippen LogP contribution is -2.27. The average molecular weight is 362 g/mol. The van der Waals surface area contributed by atoms with Gasteiger partial charge in [0.05, 0.1) is 5.56 Å². The van der Waals surface area contributed by atoms with Crippen LogP contribution in [0, 0.1) is 12.8 Å². The lowest BCUT2D eigenvalue weighted by atomic mass is 10.2. The molecule has 0 aliphatic rings. The largest absolute Gasteiger partial charge is 0.352 e. The standard InChI is InChI=1S/C17H20BrN3O/c1-11(2)9-20-17(22)13-4-7-16(19-10-13)21-15-6-5-14(18)8-12(15)3/h4-8,10-11H,9H2,1-3H3,(H,19,21)(H,20,22). The average Bonchev–Trinajstić information content (AvgIpc) is 2.48. The normalized spacial score (nSPS) is 10.6. The third-order valence-electron chi connectivity index (χ3n) is 3.15. The Morgan fingerprint density at radius 1 is 1.27 bits per heavy atom. The Hall–Kier alpha value is -1.88. The van der Waals surface area contributed by atoms with Gasteiger partial charge in [-0.2, -0.15) is 0 Å². The molecule has 2 N–H and O–H groups in total. The lowest BCUT2D eigenvalue weighted by molar-refractivity contribution is 0.0948. The molecule has 0 fully saturated rings. The molecule has 2 rings (SSSR count). The van der Waals surface area contributed by atoms with Crippen LogP contribution in [-0.2, 0) is 0 Å². The molecular weight excluding hydrogens is 342 g/mol. The minimum Gasteiger partial charge on any atom is -0.352 e. The number of halogens is 1. The number of hydrogen-bond acceptors (Lipinski definition) is 3. The first-order chi connectivity index (χ1) is 10.5. The lowest BCUT2D eigenvalue weighted by Gasteiger charge is -2.10. The van der Waals surface area contributed by atoms with Crippen LogP contribution in [0.5, 0.6) is 0 Å². The van der Waals surface area contributed by atoms with Crippen LogP contribution in [0.2, 0.25) is 0 Å². The number of carbonyl (C=O) groups is 1. The van der Waals surface area contributed by atoms with E-state index < -0.39 is 0 Å². The van der Waals surface area contributed by atoms with E-state index in [0.717, 1.165) is 15.7 Å². The molecule has 0 atom stereocenters. The molecule has 0 radical (unpaired) electrons. The summed E-state index contributed by atoms with van der Waals surface area (Å²) in [6.07, 6.45) is 1.59. The van der Waals surface area contributed by atoms with E-state index in [1.165, 1.54) is 0 Å². The van der Waals surface area contributed by atoms with Crippen LogP contribution < -0.4 is 10.6 Å². The fourth-order valence-corrected chi connectivity index (χ4v) is 2.38. The van der Waals surface area contributed by atoms with Crippen molar-refractivity contribution in [2.45, 2.75) is 20.8 Å². The molecule has 0 unspecified atom stereocenters. The Kier molecular flexibility index (Phi) is 5.55. The highest BCUT2D eigenvalue weighted by atomic mass is 79.9. The number of aryl methyl sites for hydroxylation is 1. The van der Waals surface area contributed by atoms with E-state index in [0.29, 0.717) is 23.8 Å². The summed E-state index contributed by atoms with van der Waals surface area (Å²) in [6.45, 7) is 6.82. The summed E-state index contributed by atoms with van der Waals surface area (Å²) >= 11 is 3.44. The molecule has 1 aromatic carbocycles. The molecular formula is C17H20BrN3O. The minimum atomic E-state index is -0.0902. The van der Waals surface area contributed by atoms with Gasteiger partial charge in [0.15, 0.2) is 0 Å². The van der Waals surface area contributed by atoms with E-state index in [2.05, 4.69) is 45.4 Å². The number of rotatable bonds is 5. The van der Waals surface area contributed by atoms with Gasteiger partial charge in [0.2, 0.25) is 0 Å². The van der Waals surface area contributed by atoms with E-state index in [9.17, 15) is 4.79 Å². The van der Waals surface area contributed by atoms with E-state index in [-0.39, 0.29) is 5.91 Å². The van der Waals surface area contributed by atoms with Crippen molar-refractivity contribution in [3.8, 4) is 0 Å². The van der Waals surface area contributed by atoms with Crippen molar-refractivity contribution in [3.05, 3.63) is 52.1 Å². The number of anilines is 2. The summed E-state index contributed by atoms with van der Waals surface area (Å²) in [7, 11) is 0. The highest BCUT2D eigenvalue weighted by Gasteiger charge is 2.07. The topological polar surface area (TPSA) is 54.0 Å². The summed E-state index contributed by atoms with van der Waals surface area (Å²) in [4.78, 5) is 16.2. The molecule has 2 aromatic rings. The second-order valence-corrected chi connectivity index (χ2v) is 6.54. The summed E-state index contributed by atoms with van der Waals surface area (Å²) < 4.78 is 1.04. The van der Waals surface area contributed by atoms with Crippen LogP contribution in [0.25, 0.3) is 0 Å². The molecule has 5 heteroatoms. The van der Waals surface area contributed by atoms with Gasteiger partial charge in [-0.25, -0.2) is 4.98 Å². The second kappa shape index (κ2) is 7.40. The number of nitrogens with one attached hydrogen (secondary N) is 2. The Morgan fingerprint density at radius 3 is 2.64 bits per heavy atom. The van der Waals surface area contributed by atoms with Gasteiger partial charge in [-0.3, -0.25) is 4.79 Å². The van der Waals surface area contributed by atoms with Crippen LogP contribution in [0.15, 0.2) is 41.0 Å². The van der Waals surface area contributed by atoms with Crippen molar-refractivity contribution >= 4 is 33.3 Å². The number of pyridine rings is 1. The van der Waals surface area contributed by atoms with Gasteiger partial charge in [-0.1, -0.05) is 29.8 Å². The molecule has 0 spiro atoms. The number of benzene rings is 1. The van der Waals surface area contributed by atoms with Crippen molar-refractivity contribution < 1.29 is 4.79 Å². The molecule has 0 saturated heterocycles. The molecule has 0 saturated carbocycles. The van der Waals surface area contributed by atoms with Crippen LogP contribution in [-0.4, -0.2) is 17.4 Å². The Bertz CT molecular complexity index is 653. The molecule has 116 valence electrons. The molecule has 0 bridgehead atoms. The van der Waals surface area contributed by atoms with Crippen LogP contribution in [0.1, 0.15) is 29.8 Å². The van der Waals surface area contributed by atoms with Crippen molar-refractivity contribution in [2.24, 2.45) is 5.92 Å². The summed E-state index contributed by atoms with van der Waals surface area (Å²) in [5.41, 5.74) is 2.68. The van der Waals surface area contributed by atoms with Crippen LogP contribution in [0.4, 0.5) is 11.5 Å². The smallest absolute Gasteiger partial charge is 0.252 e. The van der Waals surface area contributed by atoms with E-state index in [1.807, 2.05) is 31.2 Å². The second-order valence-electron chi connectivity index (χ2n) is 5.62. The molecule has 4 nitrogen and oxygen atoms in total. The molecule has 1 aromatic heterocycles. The van der Waals surface area contributed by atoms with Gasteiger partial charge in [0.1, 0.15) is 5.82 Å². The molecule has 1 amide bonds. The maximum absolute atomic E-state index is 11.9. The third-order valence-corrected chi connectivity index (χ3v) is 3.64. The molecule has 0 aliphatic heterocycles. The van der Waals surface area contributed by atoms with Crippen molar-refractivity contribution in [2.75, 3.05) is 11.9 Å². The van der Waals surface area contributed by atoms with Gasteiger partial charge in [0.25, 0.3) is 5.91 Å². The van der Waals surface area contributed by atoms with E-state index in [4.69, 9.17) is 0 Å². The van der Waals surface area contributed by atoms with Crippen LogP contribution >= 0.6 is 15.9 Å². The van der Waals surface area contributed by atoms with Crippen molar-refractivity contribution in [1.29, 1.82) is 0 Å². The zero-order valence-electron chi connectivity index (χ0n) is 13.0. The highest BCUT2D eigenvalue weighted by molar-refractivity contribution is 9.10. The van der Waals surface area contributed by atoms with Gasteiger partial charge in [-0.05, 0) is 48.7 Å². The summed E-state index contributed by atoms with van der Waals surface area (Å²) in [5, 5.41) is 6.13. The van der Waals surface area contributed by atoms with Crippen LogP contribution in [0.3, 0.4) is 0 Å². The maximum Gasteiger partial charge on any atom is 0.252 e.